The fraction of sp³-hybridized carbons (Fsp3) is 0.154. The second kappa shape index (κ2) is 7.30. The van der Waals surface area contributed by atoms with Crippen LogP contribution in [0.25, 0.3) is 0 Å². The topological polar surface area (TPSA) is 51.5 Å². The van der Waals surface area contributed by atoms with Gasteiger partial charge in [0.1, 0.15) is 5.76 Å². The number of methoxy groups -OCH3 is 1. The number of hydrogen-bond acceptors (Lipinski definition) is 4. The van der Waals surface area contributed by atoms with Gasteiger partial charge in [-0.1, -0.05) is 15.9 Å². The summed E-state index contributed by atoms with van der Waals surface area (Å²) in [5.41, 5.74) is 1.08. The SMILES string of the molecule is COC(=O)c1cc(Br)cc(Br)c1NCc1cc(Br)c(Br)o1. The van der Waals surface area contributed by atoms with Crippen LogP contribution in [0.4, 0.5) is 5.69 Å². The Morgan fingerprint density at radius 3 is 2.48 bits per heavy atom. The highest BCUT2D eigenvalue weighted by Gasteiger charge is 2.16. The number of carbonyl (C=O) groups excluding carboxylic acids is 1. The van der Waals surface area contributed by atoms with Crippen LogP contribution in [0.1, 0.15) is 16.1 Å². The summed E-state index contributed by atoms with van der Waals surface area (Å²) in [5, 5.41) is 3.18. The van der Waals surface area contributed by atoms with Gasteiger partial charge in [0.2, 0.25) is 0 Å². The minimum absolute atomic E-state index is 0.415. The summed E-state index contributed by atoms with van der Waals surface area (Å²) in [6, 6.07) is 5.40. The molecule has 0 aliphatic carbocycles. The Kier molecular flexibility index (Phi) is 5.93. The van der Waals surface area contributed by atoms with Gasteiger partial charge < -0.3 is 14.5 Å². The van der Waals surface area contributed by atoms with Gasteiger partial charge in [0.15, 0.2) is 4.67 Å². The predicted octanol–water partition coefficient (Wildman–Crippen LogP) is 5.73. The summed E-state index contributed by atoms with van der Waals surface area (Å²) in [6.45, 7) is 0.425. The minimum atomic E-state index is -0.415. The average Bonchev–Trinajstić information content (AvgIpc) is 2.75. The molecule has 2 aromatic rings. The molecule has 0 saturated heterocycles. The van der Waals surface area contributed by atoms with Crippen molar-refractivity contribution in [1.82, 2.24) is 0 Å². The van der Waals surface area contributed by atoms with E-state index in [4.69, 9.17) is 9.15 Å². The highest BCUT2D eigenvalue weighted by Crippen LogP contribution is 2.32. The number of rotatable bonds is 4. The van der Waals surface area contributed by atoms with Crippen molar-refractivity contribution >= 4 is 75.4 Å². The molecular formula is C13H9Br4NO3. The van der Waals surface area contributed by atoms with Crippen LogP contribution in [-0.2, 0) is 11.3 Å². The molecule has 0 spiro atoms. The van der Waals surface area contributed by atoms with Gasteiger partial charge in [0.25, 0.3) is 0 Å². The highest BCUT2D eigenvalue weighted by atomic mass is 79.9. The van der Waals surface area contributed by atoms with Gasteiger partial charge in [-0.2, -0.15) is 0 Å². The molecule has 8 heteroatoms. The number of ether oxygens (including phenoxy) is 1. The molecule has 0 atom stereocenters. The molecule has 1 heterocycles. The second-order valence-corrected chi connectivity index (χ2v) is 7.33. The van der Waals surface area contributed by atoms with Crippen molar-refractivity contribution in [2.24, 2.45) is 0 Å². The molecule has 0 radical (unpaired) electrons. The van der Waals surface area contributed by atoms with E-state index in [1.165, 1.54) is 7.11 Å². The van der Waals surface area contributed by atoms with Crippen molar-refractivity contribution in [1.29, 1.82) is 0 Å². The number of carbonyl (C=O) groups is 1. The van der Waals surface area contributed by atoms with Crippen LogP contribution in [0.15, 0.2) is 40.7 Å². The first-order chi connectivity index (χ1) is 9.92. The Labute approximate surface area is 155 Å². The van der Waals surface area contributed by atoms with Gasteiger partial charge in [-0.25, -0.2) is 4.79 Å². The molecule has 4 nitrogen and oxygen atoms in total. The number of esters is 1. The molecule has 0 aliphatic rings. The number of benzene rings is 1. The van der Waals surface area contributed by atoms with Crippen LogP contribution in [0, 0.1) is 0 Å². The maximum Gasteiger partial charge on any atom is 0.340 e. The van der Waals surface area contributed by atoms with E-state index in [1.807, 2.05) is 12.1 Å². The van der Waals surface area contributed by atoms with Gasteiger partial charge in [0.05, 0.1) is 29.4 Å². The van der Waals surface area contributed by atoms with Crippen molar-refractivity contribution in [2.45, 2.75) is 6.54 Å². The number of halogens is 4. The van der Waals surface area contributed by atoms with Crippen LogP contribution in [-0.4, -0.2) is 13.1 Å². The largest absolute Gasteiger partial charge is 0.465 e. The van der Waals surface area contributed by atoms with Crippen LogP contribution >= 0.6 is 63.7 Å². The van der Waals surface area contributed by atoms with E-state index in [2.05, 4.69) is 69.0 Å². The average molecular weight is 547 g/mol. The van der Waals surface area contributed by atoms with Crippen LogP contribution in [0.3, 0.4) is 0 Å². The van der Waals surface area contributed by atoms with E-state index in [9.17, 15) is 4.79 Å². The predicted molar refractivity (Wildman–Crippen MR) is 94.6 cm³/mol. The monoisotopic (exact) mass is 543 g/mol. The third kappa shape index (κ3) is 4.12. The summed E-state index contributed by atoms with van der Waals surface area (Å²) in [7, 11) is 1.35. The second-order valence-electron chi connectivity index (χ2n) is 3.99. The van der Waals surface area contributed by atoms with Gasteiger partial charge in [0, 0.05) is 8.95 Å². The zero-order valence-corrected chi connectivity index (χ0v) is 17.0. The van der Waals surface area contributed by atoms with E-state index < -0.39 is 5.97 Å². The van der Waals surface area contributed by atoms with Crippen molar-refractivity contribution in [2.75, 3.05) is 12.4 Å². The molecule has 1 aromatic carbocycles. The Balaban J connectivity index is 2.28. The molecule has 1 N–H and O–H groups in total. The molecule has 112 valence electrons. The molecule has 0 bridgehead atoms. The number of furan rings is 1. The van der Waals surface area contributed by atoms with E-state index >= 15 is 0 Å². The molecule has 0 amide bonds. The van der Waals surface area contributed by atoms with E-state index in [0.717, 1.165) is 19.2 Å². The highest BCUT2D eigenvalue weighted by molar-refractivity contribution is 9.13. The maximum absolute atomic E-state index is 11.9. The fourth-order valence-electron chi connectivity index (χ4n) is 1.68. The first-order valence-electron chi connectivity index (χ1n) is 5.67. The molecule has 2 rings (SSSR count). The zero-order valence-electron chi connectivity index (χ0n) is 10.7. The molecular weight excluding hydrogens is 538 g/mol. The smallest absolute Gasteiger partial charge is 0.340 e. The quantitative estimate of drug-likeness (QED) is 0.498. The number of nitrogens with one attached hydrogen (secondary N) is 1. The van der Waals surface area contributed by atoms with E-state index in [-0.39, 0.29) is 0 Å². The third-order valence-corrected chi connectivity index (χ3v) is 5.39. The molecule has 0 unspecified atom stereocenters. The van der Waals surface area contributed by atoms with E-state index in [0.29, 0.717) is 22.5 Å². The summed E-state index contributed by atoms with van der Waals surface area (Å²) in [5.74, 6) is 0.306. The Bertz CT molecular complexity index is 665. The van der Waals surface area contributed by atoms with Crippen LogP contribution in [0.5, 0.6) is 0 Å². The van der Waals surface area contributed by atoms with Crippen molar-refractivity contribution in [3.05, 3.63) is 47.6 Å². The Hall–Kier alpha value is -0.310. The Morgan fingerprint density at radius 2 is 1.90 bits per heavy atom. The van der Waals surface area contributed by atoms with E-state index in [1.54, 1.807) is 6.07 Å². The maximum atomic E-state index is 11.9. The Morgan fingerprint density at radius 1 is 1.19 bits per heavy atom. The summed E-state index contributed by atoms with van der Waals surface area (Å²) < 4.78 is 13.3. The number of hydrogen-bond donors (Lipinski definition) is 1. The van der Waals surface area contributed by atoms with Crippen molar-refractivity contribution < 1.29 is 13.9 Å². The van der Waals surface area contributed by atoms with Crippen LogP contribution < -0.4 is 5.32 Å². The summed E-state index contributed by atoms with van der Waals surface area (Å²) in [4.78, 5) is 11.9. The first kappa shape index (κ1) is 17.1. The molecule has 1 aromatic heterocycles. The third-order valence-electron chi connectivity index (χ3n) is 2.60. The lowest BCUT2D eigenvalue weighted by Crippen LogP contribution is -2.09. The van der Waals surface area contributed by atoms with Gasteiger partial charge in [-0.15, -0.1) is 0 Å². The molecule has 0 saturated carbocycles. The summed E-state index contributed by atoms with van der Waals surface area (Å²) >= 11 is 13.4. The van der Waals surface area contributed by atoms with Crippen LogP contribution in [0.2, 0.25) is 0 Å². The van der Waals surface area contributed by atoms with Crippen molar-refractivity contribution in [3.8, 4) is 0 Å². The van der Waals surface area contributed by atoms with Gasteiger partial charge in [-0.3, -0.25) is 0 Å². The lowest BCUT2D eigenvalue weighted by molar-refractivity contribution is 0.0601. The lowest BCUT2D eigenvalue weighted by Gasteiger charge is -2.12. The van der Waals surface area contributed by atoms with Crippen molar-refractivity contribution in [3.63, 3.8) is 0 Å². The lowest BCUT2D eigenvalue weighted by atomic mass is 10.2. The summed E-state index contributed by atoms with van der Waals surface area (Å²) in [6.07, 6.45) is 0. The molecule has 0 fully saturated rings. The van der Waals surface area contributed by atoms with Gasteiger partial charge >= 0.3 is 5.97 Å². The molecule has 0 aliphatic heterocycles. The molecule has 21 heavy (non-hydrogen) atoms. The fourth-order valence-corrected chi connectivity index (χ4v) is 3.70. The standard InChI is InChI=1S/C13H9Br4NO3/c1-20-13(19)8-2-6(14)3-9(15)11(8)18-5-7-4-10(16)12(17)21-7/h2-4,18H,5H2,1H3. The zero-order chi connectivity index (χ0) is 15.6. The van der Waals surface area contributed by atoms with Gasteiger partial charge in [-0.05, 0) is 66.0 Å². The minimum Gasteiger partial charge on any atom is -0.465 e. The normalized spacial score (nSPS) is 10.5. The first-order valence-corrected chi connectivity index (χ1v) is 8.84. The number of anilines is 1.